The molecule has 3 aromatic rings. The molecule has 0 heterocycles. The number of methoxy groups -OCH3 is 1. The smallest absolute Gasteiger partial charge is 0.411 e. The van der Waals surface area contributed by atoms with Gasteiger partial charge in [-0.25, -0.2) is 14.4 Å². The molecule has 9 nitrogen and oxygen atoms in total. The Bertz CT molecular complexity index is 1310. The number of rotatable bonds is 8. The van der Waals surface area contributed by atoms with Gasteiger partial charge in [0.15, 0.2) is 6.61 Å². The number of fused-ring (bicyclic) bond motifs is 3. The topological polar surface area (TPSA) is 120 Å². The molecule has 1 aliphatic carbocycles. The summed E-state index contributed by atoms with van der Waals surface area (Å²) in [6.07, 6.45) is -0.101. The van der Waals surface area contributed by atoms with Gasteiger partial charge < -0.3 is 19.5 Å². The van der Waals surface area contributed by atoms with Crippen LogP contribution in [0, 0.1) is 0 Å². The minimum Gasteiger partial charge on any atom is -0.464 e. The standard InChI is InChI=1S/C28H24N2O7/c1-35-27(33)24(30-26(32)18-9-3-2-4-10-18)15-29-28(34)37-17-25(31)36-16-23-21-13-7-5-11-19(21)20-12-6-8-14-22(20)23/h2-15,23H,16-17H2,1H3,(H,29,34)(H,30,32)/b24-15+. The van der Waals surface area contributed by atoms with Crippen LogP contribution in [0.2, 0.25) is 0 Å². The molecule has 0 fully saturated rings. The Morgan fingerprint density at radius 2 is 1.41 bits per heavy atom. The number of carbonyl (C=O) groups is 4. The largest absolute Gasteiger partial charge is 0.464 e. The van der Waals surface area contributed by atoms with Crippen molar-refractivity contribution in [2.45, 2.75) is 5.92 Å². The number of hydrogen-bond acceptors (Lipinski definition) is 7. The maximum atomic E-state index is 12.3. The van der Waals surface area contributed by atoms with Crippen molar-refractivity contribution in [3.8, 4) is 11.1 Å². The van der Waals surface area contributed by atoms with Crippen molar-refractivity contribution in [3.05, 3.63) is 107 Å². The zero-order valence-electron chi connectivity index (χ0n) is 19.9. The molecular weight excluding hydrogens is 476 g/mol. The van der Waals surface area contributed by atoms with Crippen molar-refractivity contribution in [2.24, 2.45) is 0 Å². The zero-order valence-corrected chi connectivity index (χ0v) is 19.9. The highest BCUT2D eigenvalue weighted by molar-refractivity contribution is 6.01. The van der Waals surface area contributed by atoms with Gasteiger partial charge in [0.2, 0.25) is 0 Å². The van der Waals surface area contributed by atoms with Gasteiger partial charge >= 0.3 is 18.0 Å². The van der Waals surface area contributed by atoms with Crippen molar-refractivity contribution in [1.82, 2.24) is 10.6 Å². The van der Waals surface area contributed by atoms with Crippen LogP contribution in [0.3, 0.4) is 0 Å². The first-order valence-corrected chi connectivity index (χ1v) is 11.4. The summed E-state index contributed by atoms with van der Waals surface area (Å²) in [4.78, 5) is 48.6. The number of ether oxygens (including phenoxy) is 3. The first-order chi connectivity index (χ1) is 18.0. The average molecular weight is 501 g/mol. The number of amides is 2. The Hall–Kier alpha value is -4.92. The fraction of sp³-hybridized carbons (Fsp3) is 0.143. The van der Waals surface area contributed by atoms with E-state index < -0.39 is 30.5 Å². The fourth-order valence-electron chi connectivity index (χ4n) is 3.99. The second-order valence-corrected chi connectivity index (χ2v) is 8.00. The molecule has 0 atom stereocenters. The fourth-order valence-corrected chi connectivity index (χ4v) is 3.99. The Morgan fingerprint density at radius 1 is 0.811 bits per heavy atom. The number of alkyl carbamates (subject to hydrolysis) is 1. The SMILES string of the molecule is COC(=O)/C(=C\NC(=O)OCC(=O)OCC1c2ccccc2-c2ccccc21)NC(=O)c1ccccc1. The highest BCUT2D eigenvalue weighted by Crippen LogP contribution is 2.44. The maximum absolute atomic E-state index is 12.3. The highest BCUT2D eigenvalue weighted by atomic mass is 16.6. The Kier molecular flexibility index (Phi) is 7.95. The summed E-state index contributed by atoms with van der Waals surface area (Å²) < 4.78 is 14.9. The number of benzene rings is 3. The number of hydrogen-bond donors (Lipinski definition) is 2. The van der Waals surface area contributed by atoms with E-state index in [2.05, 4.69) is 15.4 Å². The van der Waals surface area contributed by atoms with Crippen molar-refractivity contribution in [1.29, 1.82) is 0 Å². The number of nitrogens with one attached hydrogen (secondary N) is 2. The lowest BCUT2D eigenvalue weighted by atomic mass is 9.98. The predicted octanol–water partition coefficient (Wildman–Crippen LogP) is 3.51. The summed E-state index contributed by atoms with van der Waals surface area (Å²) in [6.45, 7) is -0.546. The molecule has 0 radical (unpaired) electrons. The molecule has 37 heavy (non-hydrogen) atoms. The Balaban J connectivity index is 1.29. The van der Waals surface area contributed by atoms with E-state index in [0.717, 1.165) is 35.6 Å². The van der Waals surface area contributed by atoms with Crippen molar-refractivity contribution in [2.75, 3.05) is 20.3 Å². The van der Waals surface area contributed by atoms with Crippen molar-refractivity contribution < 1.29 is 33.4 Å². The van der Waals surface area contributed by atoms with Crippen LogP contribution < -0.4 is 10.6 Å². The molecule has 0 unspecified atom stereocenters. The molecule has 188 valence electrons. The van der Waals surface area contributed by atoms with Crippen LogP contribution in [-0.2, 0) is 23.8 Å². The van der Waals surface area contributed by atoms with Gasteiger partial charge in [-0.3, -0.25) is 10.1 Å². The molecule has 0 saturated carbocycles. The molecular formula is C28H24N2O7. The Morgan fingerprint density at radius 3 is 2.03 bits per heavy atom. The Labute approximate surface area is 213 Å². The van der Waals surface area contributed by atoms with Gasteiger partial charge in [0.05, 0.1) is 7.11 Å². The summed E-state index contributed by atoms with van der Waals surface area (Å²) in [7, 11) is 1.13. The summed E-state index contributed by atoms with van der Waals surface area (Å²) >= 11 is 0. The second kappa shape index (κ2) is 11.7. The van der Waals surface area contributed by atoms with E-state index in [-0.39, 0.29) is 18.2 Å². The predicted molar refractivity (Wildman–Crippen MR) is 133 cm³/mol. The van der Waals surface area contributed by atoms with Gasteiger partial charge in [-0.2, -0.15) is 0 Å². The van der Waals surface area contributed by atoms with E-state index in [9.17, 15) is 19.2 Å². The van der Waals surface area contributed by atoms with Crippen LogP contribution in [0.4, 0.5) is 4.79 Å². The van der Waals surface area contributed by atoms with Crippen LogP contribution in [-0.4, -0.2) is 44.3 Å². The monoisotopic (exact) mass is 500 g/mol. The number of esters is 2. The van der Waals surface area contributed by atoms with E-state index in [1.54, 1.807) is 30.3 Å². The minimum absolute atomic E-state index is 0.0930. The molecule has 3 aromatic carbocycles. The van der Waals surface area contributed by atoms with Gasteiger partial charge in [0, 0.05) is 17.7 Å². The summed E-state index contributed by atoms with van der Waals surface area (Å²) in [6, 6.07) is 24.0. The molecule has 0 saturated heterocycles. The van der Waals surface area contributed by atoms with E-state index in [0.29, 0.717) is 5.56 Å². The van der Waals surface area contributed by atoms with Crippen molar-refractivity contribution in [3.63, 3.8) is 0 Å². The van der Waals surface area contributed by atoms with Crippen LogP contribution in [0.1, 0.15) is 27.4 Å². The van der Waals surface area contributed by atoms with Crippen LogP contribution in [0.5, 0.6) is 0 Å². The summed E-state index contributed by atoms with van der Waals surface area (Å²) in [5, 5.41) is 4.54. The van der Waals surface area contributed by atoms with Crippen molar-refractivity contribution >= 4 is 23.9 Å². The third-order valence-corrected chi connectivity index (χ3v) is 5.72. The lowest BCUT2D eigenvalue weighted by Crippen LogP contribution is -2.31. The first-order valence-electron chi connectivity index (χ1n) is 11.4. The highest BCUT2D eigenvalue weighted by Gasteiger charge is 2.29. The molecule has 2 amide bonds. The van der Waals surface area contributed by atoms with Gasteiger partial charge in [-0.1, -0.05) is 66.7 Å². The molecule has 0 bridgehead atoms. The van der Waals surface area contributed by atoms with Gasteiger partial charge in [0.25, 0.3) is 5.91 Å². The zero-order chi connectivity index (χ0) is 26.2. The van der Waals surface area contributed by atoms with E-state index in [1.165, 1.54) is 0 Å². The lowest BCUT2D eigenvalue weighted by molar-refractivity contribution is -0.147. The molecule has 1 aliphatic rings. The van der Waals surface area contributed by atoms with Gasteiger partial charge in [0.1, 0.15) is 12.3 Å². The van der Waals surface area contributed by atoms with Crippen LogP contribution >= 0.6 is 0 Å². The molecule has 9 heteroatoms. The third kappa shape index (κ3) is 6.02. The van der Waals surface area contributed by atoms with Gasteiger partial charge in [-0.05, 0) is 34.4 Å². The second-order valence-electron chi connectivity index (χ2n) is 8.00. The molecule has 2 N–H and O–H groups in total. The van der Waals surface area contributed by atoms with E-state index >= 15 is 0 Å². The van der Waals surface area contributed by atoms with E-state index in [1.807, 2.05) is 48.5 Å². The normalized spacial score (nSPS) is 12.1. The average Bonchev–Trinajstić information content (AvgIpc) is 3.26. The molecule has 0 spiro atoms. The molecule has 0 aliphatic heterocycles. The number of carbonyl (C=O) groups excluding carboxylic acids is 4. The first kappa shape index (κ1) is 25.2. The van der Waals surface area contributed by atoms with Gasteiger partial charge in [-0.15, -0.1) is 0 Å². The summed E-state index contributed by atoms with van der Waals surface area (Å²) in [5.41, 5.74) is 4.30. The van der Waals surface area contributed by atoms with E-state index in [4.69, 9.17) is 9.47 Å². The molecule has 4 rings (SSSR count). The lowest BCUT2D eigenvalue weighted by Gasteiger charge is -2.14. The quantitative estimate of drug-likeness (QED) is 0.276. The molecule has 0 aromatic heterocycles. The third-order valence-electron chi connectivity index (χ3n) is 5.72. The van der Waals surface area contributed by atoms with Crippen LogP contribution in [0.15, 0.2) is 90.8 Å². The minimum atomic E-state index is -1.02. The maximum Gasteiger partial charge on any atom is 0.411 e. The van der Waals surface area contributed by atoms with Crippen LogP contribution in [0.25, 0.3) is 11.1 Å². The summed E-state index contributed by atoms with van der Waals surface area (Å²) in [5.74, 6) is -2.32.